The zero-order valence-corrected chi connectivity index (χ0v) is 10.4. The third-order valence-corrected chi connectivity index (χ3v) is 3.13. The molecule has 0 aromatic heterocycles. The van der Waals surface area contributed by atoms with E-state index in [1.807, 2.05) is 24.3 Å². The van der Waals surface area contributed by atoms with Gasteiger partial charge in [0.15, 0.2) is 0 Å². The van der Waals surface area contributed by atoms with E-state index in [9.17, 15) is 9.59 Å². The normalized spacial score (nSPS) is 14.1. The highest BCUT2D eigenvalue weighted by molar-refractivity contribution is 5.84. The third kappa shape index (κ3) is 2.88. The van der Waals surface area contributed by atoms with Crippen LogP contribution in [0.2, 0.25) is 0 Å². The van der Waals surface area contributed by atoms with Gasteiger partial charge in [-0.1, -0.05) is 24.3 Å². The molecule has 0 radical (unpaired) electrons. The Bertz CT molecular complexity index is 431. The van der Waals surface area contributed by atoms with E-state index in [1.165, 1.54) is 11.1 Å². The Balaban J connectivity index is 1.84. The molecule has 1 aromatic rings. The van der Waals surface area contributed by atoms with Crippen molar-refractivity contribution in [2.45, 2.75) is 19.8 Å². The molecule has 4 heteroatoms. The average Bonchev–Trinajstić information content (AvgIpc) is 2.80. The van der Waals surface area contributed by atoms with Crippen LogP contribution in [0.3, 0.4) is 0 Å². The fourth-order valence-electron chi connectivity index (χ4n) is 2.26. The maximum atomic E-state index is 11.9. The number of carbonyl (C=O) groups excluding carboxylic acids is 2. The van der Waals surface area contributed by atoms with E-state index in [4.69, 9.17) is 4.74 Å². The maximum absolute atomic E-state index is 11.9. The average molecular weight is 247 g/mol. The molecule has 2 rings (SSSR count). The van der Waals surface area contributed by atoms with E-state index in [-0.39, 0.29) is 24.3 Å². The number of hydrogen-bond donors (Lipinski definition) is 1. The van der Waals surface area contributed by atoms with E-state index in [1.54, 1.807) is 6.92 Å². The molecule has 1 aliphatic rings. The Morgan fingerprint density at radius 3 is 2.44 bits per heavy atom. The summed E-state index contributed by atoms with van der Waals surface area (Å²) in [6.07, 6.45) is 1.51. The van der Waals surface area contributed by atoms with Gasteiger partial charge in [0, 0.05) is 5.92 Å². The second-order valence-corrected chi connectivity index (χ2v) is 4.40. The van der Waals surface area contributed by atoms with Crippen molar-refractivity contribution in [1.82, 2.24) is 5.32 Å². The van der Waals surface area contributed by atoms with Crippen LogP contribution in [0.1, 0.15) is 18.1 Å². The summed E-state index contributed by atoms with van der Waals surface area (Å²) in [6.45, 7) is 2.04. The minimum atomic E-state index is -0.388. The van der Waals surface area contributed by atoms with Crippen LogP contribution in [-0.2, 0) is 27.2 Å². The number of fused-ring (bicyclic) bond motifs is 1. The monoisotopic (exact) mass is 247 g/mol. The van der Waals surface area contributed by atoms with Gasteiger partial charge in [0.25, 0.3) is 0 Å². The van der Waals surface area contributed by atoms with Gasteiger partial charge in [0.2, 0.25) is 5.91 Å². The van der Waals surface area contributed by atoms with Crippen LogP contribution in [0.4, 0.5) is 0 Å². The van der Waals surface area contributed by atoms with Gasteiger partial charge >= 0.3 is 5.97 Å². The van der Waals surface area contributed by atoms with Crippen LogP contribution >= 0.6 is 0 Å². The van der Waals surface area contributed by atoms with Crippen molar-refractivity contribution in [3.63, 3.8) is 0 Å². The minimum Gasteiger partial charge on any atom is -0.465 e. The van der Waals surface area contributed by atoms with E-state index in [0.717, 1.165) is 12.8 Å². The molecular formula is C14H17NO3. The molecule has 0 saturated heterocycles. The van der Waals surface area contributed by atoms with Crippen LogP contribution in [0.25, 0.3) is 0 Å². The lowest BCUT2D eigenvalue weighted by Crippen LogP contribution is -2.35. The second kappa shape index (κ2) is 5.67. The van der Waals surface area contributed by atoms with Crippen LogP contribution < -0.4 is 5.32 Å². The number of benzene rings is 1. The molecule has 0 fully saturated rings. The van der Waals surface area contributed by atoms with Gasteiger partial charge in [0.1, 0.15) is 6.54 Å². The Labute approximate surface area is 106 Å². The maximum Gasteiger partial charge on any atom is 0.325 e. The van der Waals surface area contributed by atoms with Gasteiger partial charge in [0.05, 0.1) is 6.61 Å². The summed E-state index contributed by atoms with van der Waals surface area (Å²) in [7, 11) is 0. The molecule has 96 valence electrons. The van der Waals surface area contributed by atoms with Crippen molar-refractivity contribution in [1.29, 1.82) is 0 Å². The first-order valence-electron chi connectivity index (χ1n) is 6.20. The summed E-state index contributed by atoms with van der Waals surface area (Å²) in [6, 6.07) is 8.07. The fraction of sp³-hybridized carbons (Fsp3) is 0.429. The smallest absolute Gasteiger partial charge is 0.325 e. The molecule has 1 N–H and O–H groups in total. The summed E-state index contributed by atoms with van der Waals surface area (Å²) in [4.78, 5) is 23.0. The van der Waals surface area contributed by atoms with Crippen molar-refractivity contribution >= 4 is 11.9 Å². The molecule has 1 amide bonds. The molecule has 4 nitrogen and oxygen atoms in total. The molecule has 0 aliphatic heterocycles. The first-order valence-corrected chi connectivity index (χ1v) is 6.20. The van der Waals surface area contributed by atoms with Gasteiger partial charge < -0.3 is 10.1 Å². The highest BCUT2D eigenvalue weighted by Gasteiger charge is 2.27. The van der Waals surface area contributed by atoms with Gasteiger partial charge in [-0.2, -0.15) is 0 Å². The SMILES string of the molecule is CCOC(=O)CNC(=O)C1Cc2ccccc2C1. The van der Waals surface area contributed by atoms with Crippen LogP contribution in [0, 0.1) is 5.92 Å². The lowest BCUT2D eigenvalue weighted by Gasteiger charge is -2.09. The molecule has 18 heavy (non-hydrogen) atoms. The first kappa shape index (κ1) is 12.6. The topological polar surface area (TPSA) is 55.4 Å². The molecule has 0 atom stereocenters. The lowest BCUT2D eigenvalue weighted by atomic mass is 10.1. The summed E-state index contributed by atoms with van der Waals surface area (Å²) in [5.74, 6) is -0.516. The quantitative estimate of drug-likeness (QED) is 0.810. The molecule has 0 bridgehead atoms. The second-order valence-electron chi connectivity index (χ2n) is 4.40. The highest BCUT2D eigenvalue weighted by Crippen LogP contribution is 2.26. The lowest BCUT2D eigenvalue weighted by molar-refractivity contribution is -0.143. The summed E-state index contributed by atoms with van der Waals surface area (Å²) >= 11 is 0. The van der Waals surface area contributed by atoms with Crippen LogP contribution in [0.5, 0.6) is 0 Å². The summed E-state index contributed by atoms with van der Waals surface area (Å²) in [5, 5.41) is 2.63. The number of amides is 1. The van der Waals surface area contributed by atoms with Crippen LogP contribution in [-0.4, -0.2) is 25.0 Å². The van der Waals surface area contributed by atoms with Crippen molar-refractivity contribution in [2.75, 3.05) is 13.2 Å². The number of esters is 1. The van der Waals surface area contributed by atoms with Crippen molar-refractivity contribution in [3.8, 4) is 0 Å². The zero-order valence-electron chi connectivity index (χ0n) is 10.4. The number of hydrogen-bond acceptors (Lipinski definition) is 3. The van der Waals surface area contributed by atoms with E-state index in [2.05, 4.69) is 5.32 Å². The van der Waals surface area contributed by atoms with Gasteiger partial charge in [-0.05, 0) is 30.9 Å². The molecule has 0 spiro atoms. The third-order valence-electron chi connectivity index (χ3n) is 3.13. The largest absolute Gasteiger partial charge is 0.465 e. The van der Waals surface area contributed by atoms with Crippen molar-refractivity contribution < 1.29 is 14.3 Å². The predicted octanol–water partition coefficient (Wildman–Crippen LogP) is 1.08. The summed E-state index contributed by atoms with van der Waals surface area (Å²) < 4.78 is 4.76. The zero-order chi connectivity index (χ0) is 13.0. The molecular weight excluding hydrogens is 230 g/mol. The van der Waals surface area contributed by atoms with Gasteiger partial charge in [-0.15, -0.1) is 0 Å². The number of carbonyl (C=O) groups is 2. The predicted molar refractivity (Wildman–Crippen MR) is 67.0 cm³/mol. The molecule has 0 unspecified atom stereocenters. The fourth-order valence-corrected chi connectivity index (χ4v) is 2.26. The highest BCUT2D eigenvalue weighted by atomic mass is 16.5. The van der Waals surface area contributed by atoms with E-state index >= 15 is 0 Å². The molecule has 1 aromatic carbocycles. The Hall–Kier alpha value is -1.84. The molecule has 0 heterocycles. The minimum absolute atomic E-state index is 0.0421. The molecule has 1 aliphatic carbocycles. The van der Waals surface area contributed by atoms with Gasteiger partial charge in [-0.3, -0.25) is 9.59 Å². The number of rotatable bonds is 4. The van der Waals surface area contributed by atoms with Crippen molar-refractivity contribution in [2.24, 2.45) is 5.92 Å². The Morgan fingerprint density at radius 1 is 1.28 bits per heavy atom. The first-order chi connectivity index (χ1) is 8.70. The van der Waals surface area contributed by atoms with Gasteiger partial charge in [-0.25, -0.2) is 0 Å². The van der Waals surface area contributed by atoms with E-state index in [0.29, 0.717) is 6.61 Å². The van der Waals surface area contributed by atoms with Crippen molar-refractivity contribution in [3.05, 3.63) is 35.4 Å². The van der Waals surface area contributed by atoms with Crippen LogP contribution in [0.15, 0.2) is 24.3 Å². The Morgan fingerprint density at radius 2 is 1.89 bits per heavy atom. The summed E-state index contributed by atoms with van der Waals surface area (Å²) in [5.41, 5.74) is 2.46. The van der Waals surface area contributed by atoms with E-state index < -0.39 is 0 Å². The standard InChI is InChI=1S/C14H17NO3/c1-2-18-13(16)9-15-14(17)12-7-10-5-3-4-6-11(10)8-12/h3-6,12H,2,7-9H2,1H3,(H,15,17). The number of ether oxygens (including phenoxy) is 1. The Kier molecular flexibility index (Phi) is 3.97. The molecule has 0 saturated carbocycles. The number of nitrogens with one attached hydrogen (secondary N) is 1.